The number of hydrogen-bond donors (Lipinski definition) is 1. The molecule has 8 heteroatoms. The van der Waals surface area contributed by atoms with Crippen LogP contribution in [0.4, 0.5) is 0 Å². The average Bonchev–Trinajstić information content (AvgIpc) is 2.90. The first-order chi connectivity index (χ1) is 19.3. The summed E-state index contributed by atoms with van der Waals surface area (Å²) in [6.07, 6.45) is 29.8. The van der Waals surface area contributed by atoms with Crippen molar-refractivity contribution in [1.82, 2.24) is 0 Å². The van der Waals surface area contributed by atoms with E-state index >= 15 is 0 Å². The molecule has 0 radical (unpaired) electrons. The highest BCUT2D eigenvalue weighted by Gasteiger charge is 2.22. The normalized spacial score (nSPS) is 17.8. The summed E-state index contributed by atoms with van der Waals surface area (Å²) in [4.78, 5) is 9.71. The van der Waals surface area contributed by atoms with E-state index < -0.39 is 7.82 Å². The van der Waals surface area contributed by atoms with Crippen LogP contribution in [0.15, 0.2) is 0 Å². The van der Waals surface area contributed by atoms with Gasteiger partial charge in [0.1, 0.15) is 13.2 Å². The van der Waals surface area contributed by atoms with Gasteiger partial charge in [0.05, 0.1) is 27.7 Å². The summed E-state index contributed by atoms with van der Waals surface area (Å²) >= 11 is 0. The number of ether oxygens (including phenoxy) is 2. The van der Waals surface area contributed by atoms with Crippen LogP contribution in [-0.4, -0.2) is 69.8 Å². The molecule has 1 fully saturated rings. The van der Waals surface area contributed by atoms with E-state index in [-0.39, 0.29) is 12.9 Å². The van der Waals surface area contributed by atoms with E-state index in [0.29, 0.717) is 17.6 Å². The van der Waals surface area contributed by atoms with Gasteiger partial charge in [-0.3, -0.25) is 9.05 Å². The third-order valence-corrected chi connectivity index (χ3v) is 8.77. The van der Waals surface area contributed by atoms with Crippen LogP contribution in [0.5, 0.6) is 0 Å². The van der Waals surface area contributed by atoms with Crippen molar-refractivity contribution in [3.8, 4) is 0 Å². The molecule has 1 heterocycles. The van der Waals surface area contributed by atoms with Gasteiger partial charge >= 0.3 is 7.82 Å². The zero-order chi connectivity index (χ0) is 29.2. The summed E-state index contributed by atoms with van der Waals surface area (Å²) in [5.41, 5.74) is 0. The van der Waals surface area contributed by atoms with Gasteiger partial charge in [-0.05, 0) is 32.1 Å². The maximum atomic E-state index is 11.8. The van der Waals surface area contributed by atoms with Crippen molar-refractivity contribution in [2.75, 3.05) is 54.1 Å². The summed E-state index contributed by atoms with van der Waals surface area (Å²) in [6.45, 7) is 2.94. The minimum atomic E-state index is -3.90. The molecule has 0 aliphatic carbocycles. The van der Waals surface area contributed by atoms with E-state index in [1.165, 1.54) is 128 Å². The summed E-state index contributed by atoms with van der Waals surface area (Å²) < 4.78 is 34.1. The molecule has 240 valence electrons. The zero-order valence-electron chi connectivity index (χ0n) is 26.8. The minimum absolute atomic E-state index is 0.0793. The number of nitrogens with zero attached hydrogens (tertiary/aromatic N) is 1. The Hall–Kier alpha value is -0.0100. The number of phosphoric acid groups is 1. The predicted molar refractivity (Wildman–Crippen MR) is 167 cm³/mol. The van der Waals surface area contributed by atoms with E-state index in [4.69, 9.17) is 18.5 Å². The molecule has 1 saturated heterocycles. The molecule has 1 aliphatic heterocycles. The summed E-state index contributed by atoms with van der Waals surface area (Å²) in [5, 5.41) is 0. The Morgan fingerprint density at radius 2 is 1.02 bits per heavy atom. The fourth-order valence-electron chi connectivity index (χ4n) is 5.09. The van der Waals surface area contributed by atoms with Crippen molar-refractivity contribution in [2.24, 2.45) is 0 Å². The van der Waals surface area contributed by atoms with Crippen LogP contribution < -0.4 is 0 Å². The Labute approximate surface area is 248 Å². The van der Waals surface area contributed by atoms with Gasteiger partial charge in [0.2, 0.25) is 0 Å². The number of likely N-dealkylation sites (N-methyl/N-ethyl adjacent to an activating group) is 1. The maximum Gasteiger partial charge on any atom is 0.472 e. The topological polar surface area (TPSA) is 74.2 Å². The smallest absolute Gasteiger partial charge is 0.353 e. The highest BCUT2D eigenvalue weighted by atomic mass is 31.2. The lowest BCUT2D eigenvalue weighted by Crippen LogP contribution is -2.37. The molecule has 40 heavy (non-hydrogen) atoms. The first-order valence-corrected chi connectivity index (χ1v) is 18.4. The van der Waals surface area contributed by atoms with E-state index in [2.05, 4.69) is 0 Å². The Kier molecular flexibility index (Phi) is 24.2. The maximum absolute atomic E-state index is 11.8. The van der Waals surface area contributed by atoms with E-state index in [1.807, 2.05) is 21.1 Å². The van der Waals surface area contributed by atoms with Gasteiger partial charge < -0.3 is 18.9 Å². The van der Waals surface area contributed by atoms with Crippen LogP contribution in [-0.2, 0) is 23.1 Å². The number of quaternary nitrogens is 1. The molecule has 2 unspecified atom stereocenters. The SMILES string of the molecule is C[N+](C)(C)CCOP(=O)(O)OCCCCCCCCCCCCCCCCCCCCCCOC1CCCCO1. The highest BCUT2D eigenvalue weighted by molar-refractivity contribution is 7.47. The zero-order valence-corrected chi connectivity index (χ0v) is 27.7. The van der Waals surface area contributed by atoms with Gasteiger partial charge in [0.25, 0.3) is 0 Å². The average molecular weight is 593 g/mol. The summed E-state index contributed by atoms with van der Waals surface area (Å²) in [5.74, 6) is 0. The van der Waals surface area contributed by atoms with Crippen molar-refractivity contribution >= 4 is 7.82 Å². The third kappa shape index (κ3) is 26.9. The second-order valence-electron chi connectivity index (χ2n) is 12.9. The molecule has 0 bridgehead atoms. The number of phosphoric ester groups is 1. The lowest BCUT2D eigenvalue weighted by molar-refractivity contribution is -0.870. The van der Waals surface area contributed by atoms with Crippen LogP contribution in [0.2, 0.25) is 0 Å². The number of unbranched alkanes of at least 4 members (excludes halogenated alkanes) is 19. The first kappa shape index (κ1) is 38.0. The van der Waals surface area contributed by atoms with E-state index in [9.17, 15) is 9.46 Å². The van der Waals surface area contributed by atoms with Crippen LogP contribution in [0.3, 0.4) is 0 Å². The largest absolute Gasteiger partial charge is 0.472 e. The van der Waals surface area contributed by atoms with Crippen LogP contribution in [0.25, 0.3) is 0 Å². The molecule has 1 N–H and O–H groups in total. The summed E-state index contributed by atoms with van der Waals surface area (Å²) in [7, 11) is 2.16. The van der Waals surface area contributed by atoms with E-state index in [0.717, 1.165) is 32.5 Å². The Bertz CT molecular complexity index is 594. The molecule has 0 saturated carbocycles. The molecular formula is C32H67NO6P+. The van der Waals surface area contributed by atoms with Gasteiger partial charge in [-0.25, -0.2) is 4.57 Å². The molecule has 0 aromatic rings. The van der Waals surface area contributed by atoms with Gasteiger partial charge in [-0.15, -0.1) is 0 Å². The number of hydrogen-bond acceptors (Lipinski definition) is 5. The van der Waals surface area contributed by atoms with Crippen molar-refractivity contribution in [1.29, 1.82) is 0 Å². The fourth-order valence-corrected chi connectivity index (χ4v) is 5.84. The lowest BCUT2D eigenvalue weighted by atomic mass is 10.0. The molecule has 0 spiro atoms. The fraction of sp³-hybridized carbons (Fsp3) is 1.00. The molecule has 7 nitrogen and oxygen atoms in total. The second kappa shape index (κ2) is 25.5. The summed E-state index contributed by atoms with van der Waals surface area (Å²) in [6, 6.07) is 0. The van der Waals surface area contributed by atoms with Crippen LogP contribution in [0.1, 0.15) is 148 Å². The molecule has 1 aliphatic rings. The molecule has 0 aromatic heterocycles. The van der Waals surface area contributed by atoms with Crippen molar-refractivity contribution in [3.63, 3.8) is 0 Å². The quantitative estimate of drug-likeness (QED) is 0.0530. The van der Waals surface area contributed by atoms with Gasteiger partial charge in [-0.1, -0.05) is 116 Å². The number of rotatable bonds is 29. The van der Waals surface area contributed by atoms with Gasteiger partial charge in [0.15, 0.2) is 6.29 Å². The van der Waals surface area contributed by atoms with Crippen LogP contribution in [0, 0.1) is 0 Å². The Morgan fingerprint density at radius 3 is 1.43 bits per heavy atom. The van der Waals surface area contributed by atoms with Gasteiger partial charge in [-0.2, -0.15) is 0 Å². The first-order valence-electron chi connectivity index (χ1n) is 16.9. The van der Waals surface area contributed by atoms with Crippen molar-refractivity contribution < 1.29 is 32.5 Å². The van der Waals surface area contributed by atoms with E-state index in [1.54, 1.807) is 0 Å². The highest BCUT2D eigenvalue weighted by Crippen LogP contribution is 2.43. The van der Waals surface area contributed by atoms with Gasteiger partial charge in [0, 0.05) is 13.2 Å². The lowest BCUT2D eigenvalue weighted by Gasteiger charge is -2.24. The standard InChI is InChI=1S/C32H66NO6P/c1-33(2,3)27-31-39-40(34,35)38-30-24-21-19-17-15-13-11-9-7-5-4-6-8-10-12-14-16-18-20-23-28-36-32-26-22-25-29-37-32/h32H,4-31H2,1-3H3/p+1. The molecule has 1 rings (SSSR count). The third-order valence-electron chi connectivity index (χ3n) is 7.75. The van der Waals surface area contributed by atoms with Crippen molar-refractivity contribution in [3.05, 3.63) is 0 Å². The monoisotopic (exact) mass is 592 g/mol. The second-order valence-corrected chi connectivity index (χ2v) is 14.3. The Balaban J connectivity index is 1.69. The predicted octanol–water partition coefficient (Wildman–Crippen LogP) is 9.17. The molecule has 0 aromatic carbocycles. The molecular weight excluding hydrogens is 525 g/mol. The minimum Gasteiger partial charge on any atom is -0.353 e. The van der Waals surface area contributed by atoms with Crippen molar-refractivity contribution in [2.45, 2.75) is 154 Å². The van der Waals surface area contributed by atoms with Crippen LogP contribution >= 0.6 is 7.82 Å². The molecule has 0 amide bonds. The molecule has 2 atom stereocenters. The Morgan fingerprint density at radius 1 is 0.625 bits per heavy atom.